The van der Waals surface area contributed by atoms with Gasteiger partial charge in [0.1, 0.15) is 12.4 Å². The number of hydrogen-bond donors (Lipinski definition) is 4. The van der Waals surface area contributed by atoms with Crippen molar-refractivity contribution in [2.45, 2.75) is 38.4 Å². The first-order valence-electron chi connectivity index (χ1n) is 16.6. The highest BCUT2D eigenvalue weighted by atomic mass is 35.5. The van der Waals surface area contributed by atoms with E-state index in [9.17, 15) is 28.3 Å². The summed E-state index contributed by atoms with van der Waals surface area (Å²) in [4.78, 5) is 43.5. The van der Waals surface area contributed by atoms with Crippen molar-refractivity contribution < 1.29 is 33.0 Å². The lowest BCUT2D eigenvalue weighted by Crippen LogP contribution is -2.44. The number of primary amides is 1. The zero-order chi connectivity index (χ0) is 38.2. The molecule has 0 saturated heterocycles. The van der Waals surface area contributed by atoms with E-state index in [1.807, 2.05) is 33.7 Å². The van der Waals surface area contributed by atoms with Crippen molar-refractivity contribution in [2.75, 3.05) is 31.2 Å². The number of aromatic nitrogens is 2. The van der Waals surface area contributed by atoms with E-state index in [2.05, 4.69) is 5.32 Å². The summed E-state index contributed by atoms with van der Waals surface area (Å²) in [5, 5.41) is 13.2. The third-order valence-corrected chi connectivity index (χ3v) is 9.26. The van der Waals surface area contributed by atoms with Gasteiger partial charge in [0.05, 0.1) is 52.7 Å². The number of hydrogen-bond acceptors (Lipinski definition) is 8. The monoisotopic (exact) mass is 766 g/mol. The van der Waals surface area contributed by atoms with Crippen molar-refractivity contribution >= 4 is 57.7 Å². The average Bonchev–Trinajstić information content (AvgIpc) is 3.47. The maximum Gasteiger partial charge on any atom is 0.302 e. The molecule has 2 atom stereocenters. The maximum atomic E-state index is 14.3. The van der Waals surface area contributed by atoms with Gasteiger partial charge in [0.2, 0.25) is 11.8 Å². The predicted octanol–water partition coefficient (Wildman–Crippen LogP) is 5.30. The van der Waals surface area contributed by atoms with Gasteiger partial charge in [-0.2, -0.15) is 0 Å². The molecule has 53 heavy (non-hydrogen) atoms. The number of imidazole rings is 1. The molecular weight excluding hydrogens is 729 g/mol. The standard InChI is InChI=1S/C38H38Cl2F2N6O5/c1-22(50)53-15-13-47(12-14-49)27-7-4-25(5-8-27)37-45-34-19-26(6-11-35(34)48(37)21-24-3-10-30(41)31(42)17-24)33(20-36(44)51)46-38(52)32(43)18-23-2-9-28(39)29(40)16-23/h2-11,16-17,19,32-33,49H,12-15,18,20-21,43H2,1H3,(H2,44,51)(H,46,52). The Morgan fingerprint density at radius 2 is 1.68 bits per heavy atom. The summed E-state index contributed by atoms with van der Waals surface area (Å²) >= 11 is 12.1. The number of amides is 2. The first kappa shape index (κ1) is 39.1. The highest BCUT2D eigenvalue weighted by Crippen LogP contribution is 2.31. The number of rotatable bonds is 16. The molecule has 0 radical (unpaired) electrons. The zero-order valence-electron chi connectivity index (χ0n) is 28.7. The fraction of sp³-hybridized carbons (Fsp3) is 0.263. The van der Waals surface area contributed by atoms with E-state index < -0.39 is 41.5 Å². The highest BCUT2D eigenvalue weighted by Gasteiger charge is 2.24. The van der Waals surface area contributed by atoms with E-state index >= 15 is 0 Å². The second-order valence-electron chi connectivity index (χ2n) is 12.4. The lowest BCUT2D eigenvalue weighted by molar-refractivity contribution is -0.140. The number of nitrogens with one attached hydrogen (secondary N) is 1. The number of carbonyl (C=O) groups is 3. The van der Waals surface area contributed by atoms with Crippen LogP contribution in [0.1, 0.15) is 36.1 Å². The lowest BCUT2D eigenvalue weighted by atomic mass is 10.0. The molecule has 2 amide bonds. The Hall–Kier alpha value is -5.08. The molecule has 11 nitrogen and oxygen atoms in total. The summed E-state index contributed by atoms with van der Waals surface area (Å²) in [6, 6.07) is 19.4. The molecule has 0 aliphatic heterocycles. The van der Waals surface area contributed by atoms with Crippen molar-refractivity contribution in [3.05, 3.63) is 117 Å². The fourth-order valence-electron chi connectivity index (χ4n) is 5.92. The number of benzene rings is 4. The van der Waals surface area contributed by atoms with E-state index in [4.69, 9.17) is 44.4 Å². The van der Waals surface area contributed by atoms with Gasteiger partial charge < -0.3 is 36.1 Å². The van der Waals surface area contributed by atoms with Crippen molar-refractivity contribution in [3.8, 4) is 11.4 Å². The molecule has 0 saturated carbocycles. The molecule has 1 heterocycles. The molecule has 1 aromatic heterocycles. The molecule has 5 aromatic rings. The van der Waals surface area contributed by atoms with E-state index in [0.29, 0.717) is 62.2 Å². The molecule has 15 heteroatoms. The van der Waals surface area contributed by atoms with Gasteiger partial charge in [-0.1, -0.05) is 41.4 Å². The van der Waals surface area contributed by atoms with Crippen LogP contribution >= 0.6 is 23.2 Å². The van der Waals surface area contributed by atoms with Crippen LogP contribution in [0.2, 0.25) is 10.0 Å². The molecule has 6 N–H and O–H groups in total. The van der Waals surface area contributed by atoms with Gasteiger partial charge in [-0.25, -0.2) is 13.8 Å². The average molecular weight is 768 g/mol. The zero-order valence-corrected chi connectivity index (χ0v) is 30.2. The fourth-order valence-corrected chi connectivity index (χ4v) is 6.24. The number of carbonyl (C=O) groups excluding carboxylic acids is 3. The van der Waals surface area contributed by atoms with E-state index in [1.54, 1.807) is 36.4 Å². The van der Waals surface area contributed by atoms with Crippen LogP contribution in [0.15, 0.2) is 78.9 Å². The second-order valence-corrected chi connectivity index (χ2v) is 13.2. The number of ether oxygens (including phenoxy) is 1. The number of anilines is 1. The number of nitrogens with zero attached hydrogens (tertiary/aromatic N) is 3. The van der Waals surface area contributed by atoms with Crippen LogP contribution in [0, 0.1) is 11.6 Å². The Morgan fingerprint density at radius 3 is 2.34 bits per heavy atom. The Bertz CT molecular complexity index is 2110. The van der Waals surface area contributed by atoms with Crippen LogP contribution in [0.25, 0.3) is 22.4 Å². The SMILES string of the molecule is CC(=O)OCCN(CCO)c1ccc(-c2nc3cc(C(CC(N)=O)NC(=O)C(N)Cc4ccc(Cl)c(Cl)c4)ccc3n2Cc2ccc(F)c(F)c2)cc1. The van der Waals surface area contributed by atoms with Crippen molar-refractivity contribution in [3.63, 3.8) is 0 Å². The van der Waals surface area contributed by atoms with E-state index in [0.717, 1.165) is 17.8 Å². The molecule has 0 spiro atoms. The van der Waals surface area contributed by atoms with Crippen LogP contribution in [0.3, 0.4) is 0 Å². The number of nitrogens with two attached hydrogens (primary N) is 2. The molecular formula is C38H38Cl2F2N6O5. The predicted molar refractivity (Wildman–Crippen MR) is 199 cm³/mol. The minimum absolute atomic E-state index is 0.117. The van der Waals surface area contributed by atoms with Gasteiger partial charge in [0, 0.05) is 31.3 Å². The van der Waals surface area contributed by atoms with Crippen molar-refractivity contribution in [1.29, 1.82) is 0 Å². The van der Waals surface area contributed by atoms with Crippen LogP contribution < -0.4 is 21.7 Å². The van der Waals surface area contributed by atoms with Gasteiger partial charge in [0.25, 0.3) is 0 Å². The molecule has 0 aliphatic rings. The maximum absolute atomic E-state index is 14.3. The largest absolute Gasteiger partial charge is 0.464 e. The topological polar surface area (TPSA) is 166 Å². The number of esters is 1. The van der Waals surface area contributed by atoms with Gasteiger partial charge >= 0.3 is 5.97 Å². The van der Waals surface area contributed by atoms with E-state index in [-0.39, 0.29) is 32.6 Å². The Morgan fingerprint density at radius 1 is 0.943 bits per heavy atom. The smallest absolute Gasteiger partial charge is 0.302 e. The normalized spacial score (nSPS) is 12.4. The third kappa shape index (κ3) is 10.1. The summed E-state index contributed by atoms with van der Waals surface area (Å²) in [5.41, 5.74) is 16.1. The van der Waals surface area contributed by atoms with Gasteiger partial charge in [-0.15, -0.1) is 0 Å². The Kier molecular flexibility index (Phi) is 13.0. The van der Waals surface area contributed by atoms with Gasteiger partial charge in [-0.3, -0.25) is 14.4 Å². The highest BCUT2D eigenvalue weighted by molar-refractivity contribution is 6.42. The number of halogens is 4. The van der Waals surface area contributed by atoms with E-state index in [1.165, 1.54) is 13.0 Å². The molecule has 0 fully saturated rings. The van der Waals surface area contributed by atoms with Gasteiger partial charge in [0.15, 0.2) is 11.6 Å². The molecule has 5 rings (SSSR count). The minimum atomic E-state index is -0.986. The minimum Gasteiger partial charge on any atom is -0.464 e. The summed E-state index contributed by atoms with van der Waals surface area (Å²) in [5.74, 6) is -3.03. The first-order valence-corrected chi connectivity index (χ1v) is 17.4. The molecule has 0 bridgehead atoms. The summed E-state index contributed by atoms with van der Waals surface area (Å²) in [6.45, 7) is 2.15. The van der Waals surface area contributed by atoms with Crippen molar-refractivity contribution in [1.82, 2.24) is 14.9 Å². The third-order valence-electron chi connectivity index (χ3n) is 8.52. The van der Waals surface area contributed by atoms with Crippen LogP contribution in [0.4, 0.5) is 14.5 Å². The summed E-state index contributed by atoms with van der Waals surface area (Å²) in [7, 11) is 0. The Labute approximate surface area is 314 Å². The molecule has 0 aliphatic carbocycles. The first-order chi connectivity index (χ1) is 25.3. The van der Waals surface area contributed by atoms with Gasteiger partial charge in [-0.05, 0) is 83.8 Å². The van der Waals surface area contributed by atoms with Crippen LogP contribution in [-0.2, 0) is 32.1 Å². The van der Waals surface area contributed by atoms with Crippen molar-refractivity contribution in [2.24, 2.45) is 11.5 Å². The number of aliphatic hydroxyl groups excluding tert-OH is 1. The molecule has 2 unspecified atom stereocenters. The Balaban J connectivity index is 1.48. The second kappa shape index (κ2) is 17.6. The summed E-state index contributed by atoms with van der Waals surface area (Å²) < 4.78 is 35.0. The summed E-state index contributed by atoms with van der Waals surface area (Å²) in [6.07, 6.45) is -0.0616. The molecule has 4 aromatic carbocycles. The van der Waals surface area contributed by atoms with Crippen LogP contribution in [-0.4, -0.2) is 64.8 Å². The number of aliphatic hydroxyl groups is 1. The lowest BCUT2D eigenvalue weighted by Gasteiger charge is -2.24. The van der Waals surface area contributed by atoms with Crippen LogP contribution in [0.5, 0.6) is 0 Å². The molecule has 278 valence electrons. The quantitative estimate of drug-likeness (QED) is 0.0983. The number of fused-ring (bicyclic) bond motifs is 1.